The van der Waals surface area contributed by atoms with E-state index in [1.807, 2.05) is 0 Å². The highest BCUT2D eigenvalue weighted by atomic mass is 16.5. The number of Topliss-reactive ketones (excluding diaryl/α,β-unsaturated/α-hetero) is 2. The van der Waals surface area contributed by atoms with Crippen LogP contribution < -0.4 is 4.74 Å². The molecular weight excluding hydrogens is 328 g/mol. The molecule has 7 nitrogen and oxygen atoms in total. The van der Waals surface area contributed by atoms with E-state index in [9.17, 15) is 30.0 Å². The summed E-state index contributed by atoms with van der Waals surface area (Å²) in [5, 5.41) is 40.9. The maximum Gasteiger partial charge on any atom is 0.188 e. The molecule has 0 spiro atoms. The van der Waals surface area contributed by atoms with Crippen molar-refractivity contribution in [1.82, 2.24) is 0 Å². The number of hydrogen-bond donors (Lipinski definition) is 4. The number of phenols is 2. The number of aliphatic hydroxyl groups excluding tert-OH is 2. The maximum absolute atomic E-state index is 13.0. The van der Waals surface area contributed by atoms with Crippen molar-refractivity contribution in [2.75, 3.05) is 0 Å². The third-order valence-corrected chi connectivity index (χ3v) is 4.85. The summed E-state index contributed by atoms with van der Waals surface area (Å²) >= 11 is 0. The van der Waals surface area contributed by atoms with Gasteiger partial charge in [0.15, 0.2) is 11.6 Å². The third kappa shape index (κ3) is 1.96. The zero-order valence-electron chi connectivity index (χ0n) is 14.2. The van der Waals surface area contributed by atoms with E-state index in [-0.39, 0.29) is 45.3 Å². The molecule has 0 radical (unpaired) electrons. The molecule has 2 aliphatic rings. The average molecular weight is 346 g/mol. The Labute approximate surface area is 143 Å². The van der Waals surface area contributed by atoms with E-state index in [4.69, 9.17) is 4.74 Å². The number of aromatic hydroxyl groups is 2. The summed E-state index contributed by atoms with van der Waals surface area (Å²) in [6.45, 7) is 5.47. The van der Waals surface area contributed by atoms with Gasteiger partial charge in [0.2, 0.25) is 0 Å². The molecule has 1 heterocycles. The predicted octanol–water partition coefficient (Wildman–Crippen LogP) is 1.98. The minimum absolute atomic E-state index is 0.0113. The fourth-order valence-electron chi connectivity index (χ4n) is 3.45. The van der Waals surface area contributed by atoms with E-state index < -0.39 is 28.8 Å². The second kappa shape index (κ2) is 5.10. The Bertz CT molecular complexity index is 905. The predicted molar refractivity (Wildman–Crippen MR) is 86.5 cm³/mol. The molecule has 7 heteroatoms. The average Bonchev–Trinajstić information content (AvgIpc) is 2.78. The minimum atomic E-state index is -1.55. The number of aliphatic hydroxyl groups is 2. The van der Waals surface area contributed by atoms with Crippen molar-refractivity contribution in [1.29, 1.82) is 0 Å². The van der Waals surface area contributed by atoms with Crippen molar-refractivity contribution < 1.29 is 34.8 Å². The molecule has 0 bridgehead atoms. The molecule has 1 aliphatic carbocycles. The highest BCUT2D eigenvalue weighted by molar-refractivity contribution is 6.25. The van der Waals surface area contributed by atoms with Crippen LogP contribution in [0.15, 0.2) is 23.2 Å². The molecule has 0 amide bonds. The van der Waals surface area contributed by atoms with E-state index in [0.29, 0.717) is 0 Å². The first kappa shape index (κ1) is 17.0. The smallest absolute Gasteiger partial charge is 0.188 e. The minimum Gasteiger partial charge on any atom is -0.507 e. The quantitative estimate of drug-likeness (QED) is 0.604. The lowest BCUT2D eigenvalue weighted by Gasteiger charge is -2.28. The first-order valence-corrected chi connectivity index (χ1v) is 7.69. The molecule has 0 aromatic heterocycles. The van der Waals surface area contributed by atoms with Crippen LogP contribution in [-0.4, -0.2) is 32.0 Å². The van der Waals surface area contributed by atoms with Gasteiger partial charge in [-0.1, -0.05) is 0 Å². The highest BCUT2D eigenvalue weighted by Crippen LogP contribution is 2.58. The Morgan fingerprint density at radius 1 is 1.24 bits per heavy atom. The van der Waals surface area contributed by atoms with E-state index in [2.05, 4.69) is 0 Å². The fourth-order valence-corrected chi connectivity index (χ4v) is 3.45. The molecule has 1 aromatic carbocycles. The van der Waals surface area contributed by atoms with E-state index in [1.54, 1.807) is 0 Å². The Morgan fingerprint density at radius 2 is 1.84 bits per heavy atom. The lowest BCUT2D eigenvalue weighted by molar-refractivity contribution is -0.123. The SMILES string of the molecule is CC(=O)C1=C(O)C=C2Oc3c(C(C)O)c(O)c(C)c(O)c3C2(C)C1=O. The molecule has 132 valence electrons. The van der Waals surface area contributed by atoms with E-state index in [0.717, 1.165) is 13.0 Å². The highest BCUT2D eigenvalue weighted by Gasteiger charge is 2.55. The van der Waals surface area contributed by atoms with Crippen LogP contribution in [0.5, 0.6) is 17.2 Å². The van der Waals surface area contributed by atoms with Gasteiger partial charge in [-0.3, -0.25) is 9.59 Å². The number of fused-ring (bicyclic) bond motifs is 3. The number of allylic oxidation sites excluding steroid dienone is 3. The monoisotopic (exact) mass is 346 g/mol. The van der Waals surface area contributed by atoms with Crippen LogP contribution in [0.3, 0.4) is 0 Å². The van der Waals surface area contributed by atoms with Gasteiger partial charge >= 0.3 is 0 Å². The van der Waals surface area contributed by atoms with Gasteiger partial charge in [0.25, 0.3) is 0 Å². The largest absolute Gasteiger partial charge is 0.507 e. The number of carbonyl (C=O) groups is 2. The second-order valence-corrected chi connectivity index (χ2v) is 6.50. The zero-order chi connectivity index (χ0) is 18.8. The van der Waals surface area contributed by atoms with Crippen LogP contribution in [0.2, 0.25) is 0 Å². The molecule has 0 saturated heterocycles. The number of carbonyl (C=O) groups excluding carboxylic acids is 2. The molecular formula is C18H18O7. The summed E-state index contributed by atoms with van der Waals surface area (Å²) < 4.78 is 5.65. The first-order chi connectivity index (χ1) is 11.5. The molecule has 1 aromatic rings. The third-order valence-electron chi connectivity index (χ3n) is 4.85. The Morgan fingerprint density at radius 3 is 2.36 bits per heavy atom. The Kier molecular flexibility index (Phi) is 3.47. The van der Waals surface area contributed by atoms with Gasteiger partial charge in [0, 0.05) is 11.6 Å². The summed E-state index contributed by atoms with van der Waals surface area (Å²) in [4.78, 5) is 24.8. The number of hydrogen-bond acceptors (Lipinski definition) is 7. The summed E-state index contributed by atoms with van der Waals surface area (Å²) in [6, 6.07) is 0. The molecule has 3 rings (SSSR count). The zero-order valence-corrected chi connectivity index (χ0v) is 14.2. The van der Waals surface area contributed by atoms with Crippen LogP contribution in [0, 0.1) is 6.92 Å². The van der Waals surface area contributed by atoms with Gasteiger partial charge < -0.3 is 25.2 Å². The van der Waals surface area contributed by atoms with Crippen LogP contribution in [0.4, 0.5) is 0 Å². The lowest BCUT2D eigenvalue weighted by Crippen LogP contribution is -2.38. The molecule has 2 atom stereocenters. The van der Waals surface area contributed by atoms with Crippen molar-refractivity contribution in [3.63, 3.8) is 0 Å². The van der Waals surface area contributed by atoms with Crippen molar-refractivity contribution >= 4 is 11.6 Å². The van der Waals surface area contributed by atoms with Crippen LogP contribution in [-0.2, 0) is 15.0 Å². The molecule has 1 aliphatic heterocycles. The van der Waals surface area contributed by atoms with Gasteiger partial charge in [-0.05, 0) is 27.7 Å². The van der Waals surface area contributed by atoms with E-state index >= 15 is 0 Å². The summed E-state index contributed by atoms with van der Waals surface area (Å²) in [5.41, 5.74) is -1.77. The number of ether oxygens (including phenoxy) is 1. The first-order valence-electron chi connectivity index (χ1n) is 7.69. The Balaban J connectivity index is 2.40. The molecule has 4 N–H and O–H groups in total. The molecule has 0 saturated carbocycles. The molecule has 0 fully saturated rings. The van der Waals surface area contributed by atoms with Gasteiger partial charge in [0.05, 0.1) is 17.2 Å². The number of phenolic OH excluding ortho intramolecular Hbond substituents is 2. The standard InChI is InChI=1S/C18H18O7/c1-6-14(22)12(8(3)20)16-13(15(6)23)18(4)10(25-16)5-9(21)11(7(2)19)17(18)24/h5,8,20-23H,1-4H3. The summed E-state index contributed by atoms with van der Waals surface area (Å²) in [5.74, 6) is -2.58. The van der Waals surface area contributed by atoms with Crippen LogP contribution >= 0.6 is 0 Å². The van der Waals surface area contributed by atoms with Gasteiger partial charge in [0.1, 0.15) is 39.8 Å². The van der Waals surface area contributed by atoms with Gasteiger partial charge in [-0.2, -0.15) is 0 Å². The van der Waals surface area contributed by atoms with Crippen LogP contribution in [0.25, 0.3) is 0 Å². The normalized spacial score (nSPS) is 22.9. The van der Waals surface area contributed by atoms with Crippen molar-refractivity contribution in [2.45, 2.75) is 39.2 Å². The second-order valence-electron chi connectivity index (χ2n) is 6.50. The topological polar surface area (TPSA) is 124 Å². The summed E-state index contributed by atoms with van der Waals surface area (Å²) in [7, 11) is 0. The van der Waals surface area contributed by atoms with E-state index in [1.165, 1.54) is 20.8 Å². The van der Waals surface area contributed by atoms with Gasteiger partial charge in [-0.15, -0.1) is 0 Å². The van der Waals surface area contributed by atoms with Crippen molar-refractivity contribution in [3.8, 4) is 17.2 Å². The van der Waals surface area contributed by atoms with Crippen molar-refractivity contribution in [3.05, 3.63) is 39.9 Å². The molecule has 2 unspecified atom stereocenters. The number of ketones is 2. The number of rotatable bonds is 2. The number of benzene rings is 1. The van der Waals surface area contributed by atoms with Crippen molar-refractivity contribution in [2.24, 2.45) is 0 Å². The lowest BCUT2D eigenvalue weighted by atomic mass is 9.71. The summed E-state index contributed by atoms with van der Waals surface area (Å²) in [6.07, 6.45) is 0.0109. The Hall–Kier alpha value is -2.80. The van der Waals surface area contributed by atoms with Crippen LogP contribution in [0.1, 0.15) is 43.6 Å². The maximum atomic E-state index is 13.0. The fraction of sp³-hybridized carbons (Fsp3) is 0.333. The molecule has 25 heavy (non-hydrogen) atoms. The van der Waals surface area contributed by atoms with Gasteiger partial charge in [-0.25, -0.2) is 0 Å².